The van der Waals surface area contributed by atoms with Gasteiger partial charge < -0.3 is 24.3 Å². The number of benzene rings is 1. The quantitative estimate of drug-likeness (QED) is 0.853. The van der Waals surface area contributed by atoms with Crippen LogP contribution in [0.25, 0.3) is 0 Å². The topological polar surface area (TPSA) is 75.0 Å². The second kappa shape index (κ2) is 8.65. The van der Waals surface area contributed by atoms with Crippen molar-refractivity contribution in [3.63, 3.8) is 0 Å². The first kappa shape index (κ1) is 19.4. The summed E-state index contributed by atoms with van der Waals surface area (Å²) in [4.78, 5) is 29.0. The van der Waals surface area contributed by atoms with Gasteiger partial charge in [0.05, 0.1) is 25.2 Å². The summed E-state index contributed by atoms with van der Waals surface area (Å²) >= 11 is 0. The molecule has 0 spiro atoms. The van der Waals surface area contributed by atoms with Crippen molar-refractivity contribution in [3.05, 3.63) is 48.2 Å². The van der Waals surface area contributed by atoms with Gasteiger partial charge in [-0.25, -0.2) is 4.39 Å². The largest absolute Gasteiger partial charge is 0.459 e. The highest BCUT2D eigenvalue weighted by Gasteiger charge is 2.33. The number of piperidine rings is 1. The molecule has 29 heavy (non-hydrogen) atoms. The van der Waals surface area contributed by atoms with E-state index in [2.05, 4.69) is 5.32 Å². The summed E-state index contributed by atoms with van der Waals surface area (Å²) in [6.45, 7) is 2.89. The molecule has 2 fully saturated rings. The van der Waals surface area contributed by atoms with Crippen molar-refractivity contribution in [2.24, 2.45) is 0 Å². The van der Waals surface area contributed by atoms with Gasteiger partial charge in [-0.2, -0.15) is 0 Å². The average Bonchev–Trinajstić information content (AvgIpc) is 3.29. The molecule has 8 heteroatoms. The molecule has 1 atom stereocenters. The lowest BCUT2D eigenvalue weighted by molar-refractivity contribution is -0.121. The summed E-state index contributed by atoms with van der Waals surface area (Å²) in [5.74, 6) is -0.797. The van der Waals surface area contributed by atoms with Crippen molar-refractivity contribution in [3.8, 4) is 0 Å². The molecule has 0 saturated carbocycles. The van der Waals surface area contributed by atoms with Gasteiger partial charge in [-0.15, -0.1) is 0 Å². The van der Waals surface area contributed by atoms with Gasteiger partial charge >= 0.3 is 0 Å². The maximum Gasteiger partial charge on any atom is 0.290 e. The van der Waals surface area contributed by atoms with Crippen molar-refractivity contribution in [2.45, 2.75) is 25.3 Å². The Kier molecular flexibility index (Phi) is 5.80. The summed E-state index contributed by atoms with van der Waals surface area (Å²) in [6, 6.07) is 7.31. The second-order valence-electron chi connectivity index (χ2n) is 7.24. The first-order valence-electron chi connectivity index (χ1n) is 9.91. The molecule has 0 aliphatic carbocycles. The van der Waals surface area contributed by atoms with Crippen LogP contribution in [0.3, 0.4) is 0 Å². The monoisotopic (exact) mass is 401 g/mol. The van der Waals surface area contributed by atoms with Crippen LogP contribution in [0, 0.1) is 5.82 Å². The highest BCUT2D eigenvalue weighted by molar-refractivity contribution is 6.00. The number of nitrogens with one attached hydrogen (secondary N) is 1. The molecule has 2 saturated heterocycles. The van der Waals surface area contributed by atoms with Gasteiger partial charge in [0.2, 0.25) is 5.91 Å². The zero-order valence-corrected chi connectivity index (χ0v) is 16.1. The Morgan fingerprint density at radius 2 is 1.93 bits per heavy atom. The molecule has 0 radical (unpaired) electrons. The number of furan rings is 1. The number of morpholine rings is 1. The van der Waals surface area contributed by atoms with Crippen molar-refractivity contribution in [2.75, 3.05) is 43.1 Å². The highest BCUT2D eigenvalue weighted by Crippen LogP contribution is 2.25. The maximum absolute atomic E-state index is 14.6. The molecule has 3 heterocycles. The Morgan fingerprint density at radius 1 is 1.10 bits per heavy atom. The van der Waals surface area contributed by atoms with Crippen LogP contribution in [0.4, 0.5) is 15.8 Å². The Labute approximate surface area is 168 Å². The lowest BCUT2D eigenvalue weighted by Gasteiger charge is -2.34. The zero-order chi connectivity index (χ0) is 20.2. The van der Waals surface area contributed by atoms with E-state index < -0.39 is 11.9 Å². The summed E-state index contributed by atoms with van der Waals surface area (Å²) in [5, 5.41) is 2.77. The molecular weight excluding hydrogens is 377 g/mol. The third kappa shape index (κ3) is 4.27. The van der Waals surface area contributed by atoms with E-state index in [0.717, 1.165) is 12.8 Å². The number of hydrogen-bond acceptors (Lipinski definition) is 5. The lowest BCUT2D eigenvalue weighted by Crippen LogP contribution is -2.49. The molecular formula is C21H24FN3O4. The number of carbonyl (C=O) groups excluding carboxylic acids is 2. The van der Waals surface area contributed by atoms with Gasteiger partial charge in [0.1, 0.15) is 11.9 Å². The number of nitrogens with zero attached hydrogens (tertiary/aromatic N) is 2. The van der Waals surface area contributed by atoms with E-state index in [-0.39, 0.29) is 17.6 Å². The molecule has 2 aliphatic heterocycles. The summed E-state index contributed by atoms with van der Waals surface area (Å²) in [6.07, 6.45) is 3.68. The summed E-state index contributed by atoms with van der Waals surface area (Å²) < 4.78 is 25.1. The molecule has 2 aromatic rings. The Morgan fingerprint density at radius 3 is 2.66 bits per heavy atom. The van der Waals surface area contributed by atoms with Crippen molar-refractivity contribution in [1.29, 1.82) is 0 Å². The molecule has 154 valence electrons. The number of anilines is 2. The number of likely N-dealkylation sites (tertiary alicyclic amines) is 1. The first-order valence-corrected chi connectivity index (χ1v) is 9.91. The van der Waals surface area contributed by atoms with E-state index in [1.54, 1.807) is 24.3 Å². The number of carbonyl (C=O) groups is 2. The number of ether oxygens (including phenoxy) is 1. The Balaban J connectivity index is 1.46. The Bertz CT molecular complexity index is 865. The van der Waals surface area contributed by atoms with E-state index in [4.69, 9.17) is 9.15 Å². The van der Waals surface area contributed by atoms with Crippen LogP contribution in [0.5, 0.6) is 0 Å². The number of halogens is 1. The number of rotatable bonds is 4. The molecule has 0 bridgehead atoms. The highest BCUT2D eigenvalue weighted by atomic mass is 19.1. The minimum absolute atomic E-state index is 0.214. The van der Waals surface area contributed by atoms with Gasteiger partial charge in [0, 0.05) is 25.3 Å². The fraction of sp³-hybridized carbons (Fsp3) is 0.429. The minimum Gasteiger partial charge on any atom is -0.459 e. The standard InChI is InChI=1S/C21H24FN3O4/c22-16-14-15(6-7-17(16)24-9-12-28-13-10-24)23-20(26)18-4-1-2-8-25(18)21(27)19-5-3-11-29-19/h3,5-7,11,14,18H,1-2,4,8-10,12-13H2,(H,23,26). The van der Waals surface area contributed by atoms with Crippen LogP contribution in [-0.2, 0) is 9.53 Å². The van der Waals surface area contributed by atoms with E-state index in [9.17, 15) is 14.0 Å². The normalized spacial score (nSPS) is 19.8. The molecule has 1 N–H and O–H groups in total. The maximum atomic E-state index is 14.6. The van der Waals surface area contributed by atoms with E-state index in [0.29, 0.717) is 50.6 Å². The predicted molar refractivity (Wildman–Crippen MR) is 105 cm³/mol. The summed E-state index contributed by atoms with van der Waals surface area (Å²) in [5.41, 5.74) is 0.874. The SMILES string of the molecule is O=C(Nc1ccc(N2CCOCC2)c(F)c1)C1CCCCN1C(=O)c1ccco1. The Hall–Kier alpha value is -2.87. The summed E-state index contributed by atoms with van der Waals surface area (Å²) in [7, 11) is 0. The first-order chi connectivity index (χ1) is 14.1. The molecule has 2 aliphatic rings. The van der Waals surface area contributed by atoms with Crippen molar-refractivity contribution >= 4 is 23.2 Å². The van der Waals surface area contributed by atoms with Gasteiger partial charge in [-0.05, 0) is 49.6 Å². The lowest BCUT2D eigenvalue weighted by atomic mass is 10.0. The van der Waals surface area contributed by atoms with E-state index in [1.807, 2.05) is 4.90 Å². The molecule has 2 amide bonds. The van der Waals surface area contributed by atoms with E-state index in [1.165, 1.54) is 17.2 Å². The van der Waals surface area contributed by atoms with Crippen LogP contribution >= 0.6 is 0 Å². The van der Waals surface area contributed by atoms with Gasteiger partial charge in [0.25, 0.3) is 5.91 Å². The van der Waals surface area contributed by atoms with Crippen LogP contribution < -0.4 is 10.2 Å². The fourth-order valence-electron chi connectivity index (χ4n) is 3.86. The predicted octanol–water partition coefficient (Wildman–Crippen LogP) is 2.89. The molecule has 4 rings (SSSR count). The van der Waals surface area contributed by atoms with Crippen molar-refractivity contribution in [1.82, 2.24) is 4.90 Å². The van der Waals surface area contributed by atoms with Gasteiger partial charge in [0.15, 0.2) is 5.76 Å². The molecule has 1 unspecified atom stereocenters. The van der Waals surface area contributed by atoms with Gasteiger partial charge in [-0.3, -0.25) is 9.59 Å². The van der Waals surface area contributed by atoms with Crippen LogP contribution in [0.2, 0.25) is 0 Å². The molecule has 1 aromatic heterocycles. The third-order valence-electron chi connectivity index (χ3n) is 5.37. The van der Waals surface area contributed by atoms with Crippen LogP contribution in [0.1, 0.15) is 29.8 Å². The zero-order valence-electron chi connectivity index (χ0n) is 16.1. The average molecular weight is 401 g/mol. The minimum atomic E-state index is -0.608. The third-order valence-corrected chi connectivity index (χ3v) is 5.37. The number of hydrogen-bond donors (Lipinski definition) is 1. The van der Waals surface area contributed by atoms with Crippen LogP contribution in [0.15, 0.2) is 41.0 Å². The van der Waals surface area contributed by atoms with Gasteiger partial charge in [-0.1, -0.05) is 0 Å². The molecule has 1 aromatic carbocycles. The molecule has 7 nitrogen and oxygen atoms in total. The smallest absolute Gasteiger partial charge is 0.290 e. The van der Waals surface area contributed by atoms with Crippen molar-refractivity contribution < 1.29 is 23.1 Å². The van der Waals surface area contributed by atoms with E-state index >= 15 is 0 Å². The van der Waals surface area contributed by atoms with Crippen LogP contribution in [-0.4, -0.2) is 55.6 Å². The number of amides is 2. The second-order valence-corrected chi connectivity index (χ2v) is 7.24. The fourth-order valence-corrected chi connectivity index (χ4v) is 3.86.